The van der Waals surface area contributed by atoms with E-state index in [4.69, 9.17) is 0 Å². The minimum atomic E-state index is -0.477. The van der Waals surface area contributed by atoms with E-state index < -0.39 is 11.7 Å². The van der Waals surface area contributed by atoms with Gasteiger partial charge in [-0.1, -0.05) is 17.7 Å². The molecule has 1 amide bonds. The first-order valence-electron chi connectivity index (χ1n) is 5.18. The molecule has 1 aromatic carbocycles. The molecule has 0 aliphatic carbocycles. The van der Waals surface area contributed by atoms with E-state index in [1.54, 1.807) is 14.1 Å². The summed E-state index contributed by atoms with van der Waals surface area (Å²) in [6, 6.07) is 3.84. The number of amides is 1. The SMILES string of the molecule is Cc1cc(C)c(C(=O)C(=O)N(C)C)c(C)c1. The molecule has 0 heterocycles. The molecule has 3 heteroatoms. The van der Waals surface area contributed by atoms with E-state index in [0.717, 1.165) is 16.7 Å². The van der Waals surface area contributed by atoms with Crippen LogP contribution in [-0.4, -0.2) is 30.7 Å². The molecule has 0 spiro atoms. The molecular formula is C13H17NO2. The standard InChI is InChI=1S/C13H17NO2/c1-8-6-9(2)11(10(3)7-8)12(15)13(16)14(4)5/h6-7H,1-5H3. The minimum Gasteiger partial charge on any atom is -0.342 e. The van der Waals surface area contributed by atoms with E-state index >= 15 is 0 Å². The van der Waals surface area contributed by atoms with Crippen molar-refractivity contribution in [1.29, 1.82) is 0 Å². The third-order valence-corrected chi connectivity index (χ3v) is 2.50. The van der Waals surface area contributed by atoms with Gasteiger partial charge in [0.2, 0.25) is 0 Å². The maximum Gasteiger partial charge on any atom is 0.294 e. The van der Waals surface area contributed by atoms with Gasteiger partial charge in [0.1, 0.15) is 0 Å². The lowest BCUT2D eigenvalue weighted by molar-refractivity contribution is -0.124. The van der Waals surface area contributed by atoms with Crippen molar-refractivity contribution >= 4 is 11.7 Å². The Morgan fingerprint density at radius 1 is 1.00 bits per heavy atom. The molecule has 1 rings (SSSR count). The highest BCUT2D eigenvalue weighted by Gasteiger charge is 2.21. The minimum absolute atomic E-state index is 0.431. The van der Waals surface area contributed by atoms with Crippen molar-refractivity contribution in [1.82, 2.24) is 4.90 Å². The molecule has 0 radical (unpaired) electrons. The molecule has 1 aromatic rings. The Balaban J connectivity index is 3.24. The van der Waals surface area contributed by atoms with E-state index in [9.17, 15) is 9.59 Å². The molecule has 0 saturated heterocycles. The van der Waals surface area contributed by atoms with Crippen molar-refractivity contribution in [2.24, 2.45) is 0 Å². The van der Waals surface area contributed by atoms with Gasteiger partial charge in [-0.2, -0.15) is 0 Å². The van der Waals surface area contributed by atoms with Gasteiger partial charge in [0.15, 0.2) is 0 Å². The van der Waals surface area contributed by atoms with Gasteiger partial charge in [0.05, 0.1) is 0 Å². The first-order chi connectivity index (χ1) is 7.34. The molecule has 0 N–H and O–H groups in total. The lowest BCUT2D eigenvalue weighted by atomic mass is 9.96. The van der Waals surface area contributed by atoms with Crippen molar-refractivity contribution < 1.29 is 9.59 Å². The van der Waals surface area contributed by atoms with E-state index in [1.807, 2.05) is 32.9 Å². The third-order valence-electron chi connectivity index (χ3n) is 2.50. The highest BCUT2D eigenvalue weighted by atomic mass is 16.2. The Labute approximate surface area is 96.1 Å². The highest BCUT2D eigenvalue weighted by molar-refractivity contribution is 6.43. The number of aryl methyl sites for hydroxylation is 3. The summed E-state index contributed by atoms with van der Waals surface area (Å²) in [4.78, 5) is 24.9. The van der Waals surface area contributed by atoms with Crippen LogP contribution in [0.2, 0.25) is 0 Å². The third kappa shape index (κ3) is 2.30. The molecule has 3 nitrogen and oxygen atoms in total. The fourth-order valence-corrected chi connectivity index (χ4v) is 1.85. The summed E-state index contributed by atoms with van der Waals surface area (Å²) >= 11 is 0. The van der Waals surface area contributed by atoms with Crippen LogP contribution in [-0.2, 0) is 4.79 Å². The summed E-state index contributed by atoms with van der Waals surface area (Å²) in [5.41, 5.74) is 3.35. The van der Waals surface area contributed by atoms with E-state index in [2.05, 4.69) is 0 Å². The Hall–Kier alpha value is -1.64. The average Bonchev–Trinajstić information content (AvgIpc) is 2.14. The van der Waals surface area contributed by atoms with Gasteiger partial charge in [0, 0.05) is 19.7 Å². The zero-order valence-electron chi connectivity index (χ0n) is 10.4. The van der Waals surface area contributed by atoms with Crippen LogP contribution in [0.15, 0.2) is 12.1 Å². The lowest BCUT2D eigenvalue weighted by Gasteiger charge is -2.13. The summed E-state index contributed by atoms with van der Waals surface area (Å²) in [5.74, 6) is -0.907. The second-order valence-electron chi connectivity index (χ2n) is 4.30. The van der Waals surface area contributed by atoms with Crippen LogP contribution >= 0.6 is 0 Å². The number of likely N-dealkylation sites (N-methyl/N-ethyl adjacent to an activating group) is 1. The fourth-order valence-electron chi connectivity index (χ4n) is 1.85. The predicted molar refractivity (Wildman–Crippen MR) is 63.7 cm³/mol. The van der Waals surface area contributed by atoms with Gasteiger partial charge in [-0.15, -0.1) is 0 Å². The smallest absolute Gasteiger partial charge is 0.294 e. The van der Waals surface area contributed by atoms with Crippen molar-refractivity contribution in [2.45, 2.75) is 20.8 Å². The molecule has 0 atom stereocenters. The van der Waals surface area contributed by atoms with Gasteiger partial charge < -0.3 is 4.90 Å². The summed E-state index contributed by atoms with van der Waals surface area (Å²) in [7, 11) is 3.16. The van der Waals surface area contributed by atoms with Crippen molar-refractivity contribution in [3.8, 4) is 0 Å². The Kier molecular flexibility index (Phi) is 3.48. The Morgan fingerprint density at radius 2 is 1.44 bits per heavy atom. The van der Waals surface area contributed by atoms with Crippen molar-refractivity contribution in [3.05, 3.63) is 34.4 Å². The van der Waals surface area contributed by atoms with Gasteiger partial charge in [0.25, 0.3) is 11.7 Å². The first-order valence-corrected chi connectivity index (χ1v) is 5.18. The van der Waals surface area contributed by atoms with Crippen LogP contribution in [0.1, 0.15) is 27.0 Å². The number of ketones is 1. The van der Waals surface area contributed by atoms with Crippen LogP contribution in [0.3, 0.4) is 0 Å². The van der Waals surface area contributed by atoms with Crippen LogP contribution < -0.4 is 0 Å². The van der Waals surface area contributed by atoms with Gasteiger partial charge >= 0.3 is 0 Å². The molecule has 0 aliphatic rings. The van der Waals surface area contributed by atoms with Crippen molar-refractivity contribution in [3.63, 3.8) is 0 Å². The molecule has 0 aliphatic heterocycles. The first kappa shape index (κ1) is 12.4. The van der Waals surface area contributed by atoms with Crippen LogP contribution in [0.5, 0.6) is 0 Å². The lowest BCUT2D eigenvalue weighted by Crippen LogP contribution is -2.30. The van der Waals surface area contributed by atoms with Gasteiger partial charge in [-0.05, 0) is 31.9 Å². The number of carbonyl (C=O) groups is 2. The molecule has 0 fully saturated rings. The summed E-state index contributed by atoms with van der Waals surface area (Å²) in [5, 5.41) is 0. The summed E-state index contributed by atoms with van der Waals surface area (Å²) in [6.07, 6.45) is 0. The molecule has 0 unspecified atom stereocenters. The Bertz CT molecular complexity index is 424. The second kappa shape index (κ2) is 4.47. The van der Waals surface area contributed by atoms with Crippen LogP contribution in [0.4, 0.5) is 0 Å². The molecule has 0 aromatic heterocycles. The fraction of sp³-hybridized carbons (Fsp3) is 0.385. The van der Waals surface area contributed by atoms with Gasteiger partial charge in [-0.25, -0.2) is 0 Å². The van der Waals surface area contributed by atoms with E-state index in [-0.39, 0.29) is 0 Å². The number of carbonyl (C=O) groups excluding carboxylic acids is 2. The largest absolute Gasteiger partial charge is 0.342 e. The van der Waals surface area contributed by atoms with E-state index in [1.165, 1.54) is 4.90 Å². The highest BCUT2D eigenvalue weighted by Crippen LogP contribution is 2.17. The molecule has 86 valence electrons. The molecule has 16 heavy (non-hydrogen) atoms. The number of rotatable bonds is 2. The number of benzene rings is 1. The number of Topliss-reactive ketones (excluding diaryl/α,β-unsaturated/α-hetero) is 1. The summed E-state index contributed by atoms with van der Waals surface area (Å²) < 4.78 is 0. The number of hydrogen-bond donors (Lipinski definition) is 0. The zero-order chi connectivity index (χ0) is 12.5. The normalized spacial score (nSPS) is 10.1. The quantitative estimate of drug-likeness (QED) is 0.562. The molecule has 0 saturated carbocycles. The average molecular weight is 219 g/mol. The predicted octanol–water partition coefficient (Wildman–Crippen LogP) is 1.88. The van der Waals surface area contributed by atoms with Crippen LogP contribution in [0.25, 0.3) is 0 Å². The topological polar surface area (TPSA) is 37.4 Å². The molecular weight excluding hydrogens is 202 g/mol. The Morgan fingerprint density at radius 3 is 1.81 bits per heavy atom. The number of nitrogens with zero attached hydrogens (tertiary/aromatic N) is 1. The van der Waals surface area contributed by atoms with E-state index in [0.29, 0.717) is 5.56 Å². The second-order valence-corrected chi connectivity index (χ2v) is 4.30. The summed E-state index contributed by atoms with van der Waals surface area (Å²) in [6.45, 7) is 5.69. The van der Waals surface area contributed by atoms with Gasteiger partial charge in [-0.3, -0.25) is 9.59 Å². The number of hydrogen-bond acceptors (Lipinski definition) is 2. The maximum absolute atomic E-state index is 11.9. The maximum atomic E-state index is 11.9. The van der Waals surface area contributed by atoms with Crippen molar-refractivity contribution in [2.75, 3.05) is 14.1 Å². The zero-order valence-corrected chi connectivity index (χ0v) is 10.4. The monoisotopic (exact) mass is 219 g/mol. The van der Waals surface area contributed by atoms with Crippen LogP contribution in [0, 0.1) is 20.8 Å². The molecule has 0 bridgehead atoms.